The maximum Gasteiger partial charge on any atom is 0.335 e. The second kappa shape index (κ2) is 6.79. The number of carboxylic acid groups (broad SMARTS) is 1. The van der Waals surface area contributed by atoms with Crippen molar-refractivity contribution in [2.45, 2.75) is 10.9 Å². The van der Waals surface area contributed by atoms with Crippen molar-refractivity contribution in [3.05, 3.63) is 78.1 Å². The Morgan fingerprint density at radius 3 is 2.74 bits per heavy atom. The van der Waals surface area contributed by atoms with Gasteiger partial charge >= 0.3 is 5.97 Å². The number of rotatable bonds is 4. The van der Waals surface area contributed by atoms with E-state index in [1.807, 2.05) is 30.3 Å². The normalized spacial score (nSPS) is 21.9. The molecule has 1 heterocycles. The van der Waals surface area contributed by atoms with Crippen molar-refractivity contribution in [1.29, 1.82) is 0 Å². The van der Waals surface area contributed by atoms with Crippen molar-refractivity contribution in [2.24, 2.45) is 0 Å². The Morgan fingerprint density at radius 1 is 1.26 bits per heavy atom. The first kappa shape index (κ1) is 17.7. The van der Waals surface area contributed by atoms with E-state index in [-0.39, 0.29) is 5.82 Å². The number of allylic oxidation sites excluding steroid dienone is 2. The van der Waals surface area contributed by atoms with Crippen LogP contribution in [0.3, 0.4) is 0 Å². The highest BCUT2D eigenvalue weighted by atomic mass is 35.5. The molecule has 1 aromatic heterocycles. The molecule has 2 unspecified atom stereocenters. The summed E-state index contributed by atoms with van der Waals surface area (Å²) in [7, 11) is 0. The summed E-state index contributed by atoms with van der Waals surface area (Å²) in [4.78, 5) is 16.4. The molecule has 1 aliphatic carbocycles. The summed E-state index contributed by atoms with van der Waals surface area (Å²) in [5.74, 6) is -1.48. The average Bonchev–Trinajstić information content (AvgIpc) is 3.05. The quantitative estimate of drug-likeness (QED) is 0.609. The molecule has 0 saturated heterocycles. The van der Waals surface area contributed by atoms with Crippen LogP contribution in [0.5, 0.6) is 0 Å². The predicted molar refractivity (Wildman–Crippen MR) is 107 cm³/mol. The molecule has 0 spiro atoms. The number of hydrogen-bond acceptors (Lipinski definition) is 4. The topological polar surface area (TPSA) is 62.2 Å². The van der Waals surface area contributed by atoms with Crippen LogP contribution >= 0.6 is 22.9 Å². The molecule has 3 aromatic rings. The number of fused-ring (bicyclic) bond motifs is 1. The number of nitrogens with zero attached hydrogens (tertiary/aromatic N) is 1. The molecule has 0 bridgehead atoms. The molecule has 7 heteroatoms. The number of carbonyl (C=O) groups is 1. The molecular formula is C20H14ClFN2O2S. The SMILES string of the molecule is O=C(O)C1(Nc2nc3ccc(F)cc3s2)C=CC(c2ccccc2)=CC1Cl. The highest BCUT2D eigenvalue weighted by molar-refractivity contribution is 7.22. The molecule has 2 N–H and O–H groups in total. The van der Waals surface area contributed by atoms with Gasteiger partial charge in [0.25, 0.3) is 0 Å². The Morgan fingerprint density at radius 2 is 2.04 bits per heavy atom. The van der Waals surface area contributed by atoms with Gasteiger partial charge in [-0.15, -0.1) is 11.6 Å². The summed E-state index contributed by atoms with van der Waals surface area (Å²) in [6.07, 6.45) is 5.00. The zero-order valence-electron chi connectivity index (χ0n) is 13.9. The second-order valence-electron chi connectivity index (χ2n) is 6.15. The number of thiazole rings is 1. The van der Waals surface area contributed by atoms with E-state index in [2.05, 4.69) is 10.3 Å². The molecule has 4 rings (SSSR count). The smallest absolute Gasteiger partial charge is 0.335 e. The van der Waals surface area contributed by atoms with E-state index in [0.29, 0.717) is 15.3 Å². The first-order valence-corrected chi connectivity index (χ1v) is 9.41. The van der Waals surface area contributed by atoms with E-state index in [1.54, 1.807) is 24.3 Å². The minimum Gasteiger partial charge on any atom is -0.479 e. The summed E-state index contributed by atoms with van der Waals surface area (Å²) < 4.78 is 14.0. The Kier molecular flexibility index (Phi) is 4.45. The minimum absolute atomic E-state index is 0.366. The number of alkyl halides is 1. The lowest BCUT2D eigenvalue weighted by Gasteiger charge is -2.33. The van der Waals surface area contributed by atoms with E-state index in [4.69, 9.17) is 11.6 Å². The van der Waals surface area contributed by atoms with Gasteiger partial charge in [-0.05, 0) is 35.4 Å². The maximum absolute atomic E-state index is 13.4. The van der Waals surface area contributed by atoms with Crippen molar-refractivity contribution in [3.63, 3.8) is 0 Å². The molecule has 0 saturated carbocycles. The van der Waals surface area contributed by atoms with Crippen LogP contribution in [0.25, 0.3) is 15.8 Å². The van der Waals surface area contributed by atoms with Crippen LogP contribution in [0.15, 0.2) is 66.8 Å². The number of hydrogen-bond donors (Lipinski definition) is 2. The van der Waals surface area contributed by atoms with Crippen LogP contribution in [-0.4, -0.2) is 27.0 Å². The maximum atomic E-state index is 13.4. The average molecular weight is 401 g/mol. The van der Waals surface area contributed by atoms with Crippen LogP contribution in [-0.2, 0) is 4.79 Å². The summed E-state index contributed by atoms with van der Waals surface area (Å²) in [6, 6.07) is 13.8. The molecule has 0 fully saturated rings. The number of halogens is 2. The Labute approximate surface area is 163 Å². The zero-order chi connectivity index (χ0) is 19.0. The highest BCUT2D eigenvalue weighted by Gasteiger charge is 2.45. The van der Waals surface area contributed by atoms with Gasteiger partial charge in [0.15, 0.2) is 10.7 Å². The number of carboxylic acids is 1. The Bertz CT molecular complexity index is 1080. The summed E-state index contributed by atoms with van der Waals surface area (Å²) in [5, 5.41) is 12.3. The lowest BCUT2D eigenvalue weighted by Crippen LogP contribution is -2.52. The molecular weight excluding hydrogens is 387 g/mol. The number of aromatic nitrogens is 1. The summed E-state index contributed by atoms with van der Waals surface area (Å²) in [6.45, 7) is 0. The Balaban J connectivity index is 1.68. The second-order valence-corrected chi connectivity index (χ2v) is 7.65. The van der Waals surface area contributed by atoms with Crippen molar-refractivity contribution in [3.8, 4) is 0 Å². The monoisotopic (exact) mass is 400 g/mol. The molecule has 1 aliphatic rings. The number of anilines is 1. The van der Waals surface area contributed by atoms with E-state index < -0.39 is 16.9 Å². The Hall–Kier alpha value is -2.70. The van der Waals surface area contributed by atoms with Gasteiger partial charge in [-0.1, -0.05) is 53.8 Å². The van der Waals surface area contributed by atoms with Gasteiger partial charge in [-0.3, -0.25) is 0 Å². The third kappa shape index (κ3) is 3.22. The fraction of sp³-hybridized carbons (Fsp3) is 0.100. The van der Waals surface area contributed by atoms with E-state index in [9.17, 15) is 14.3 Å². The highest BCUT2D eigenvalue weighted by Crippen LogP contribution is 2.36. The lowest BCUT2D eigenvalue weighted by molar-refractivity contribution is -0.140. The molecule has 2 atom stereocenters. The molecule has 4 nitrogen and oxygen atoms in total. The summed E-state index contributed by atoms with van der Waals surface area (Å²) >= 11 is 7.68. The molecule has 0 radical (unpaired) electrons. The van der Waals surface area contributed by atoms with Crippen molar-refractivity contribution >= 4 is 49.8 Å². The van der Waals surface area contributed by atoms with Crippen LogP contribution in [0.1, 0.15) is 5.56 Å². The fourth-order valence-electron chi connectivity index (χ4n) is 2.96. The third-order valence-electron chi connectivity index (χ3n) is 4.41. The van der Waals surface area contributed by atoms with Crippen molar-refractivity contribution in [1.82, 2.24) is 4.98 Å². The third-order valence-corrected chi connectivity index (χ3v) is 5.82. The number of benzene rings is 2. The van der Waals surface area contributed by atoms with Crippen molar-refractivity contribution in [2.75, 3.05) is 5.32 Å². The first-order valence-electron chi connectivity index (χ1n) is 8.16. The largest absolute Gasteiger partial charge is 0.479 e. The van der Waals surface area contributed by atoms with Crippen LogP contribution in [0.4, 0.5) is 9.52 Å². The van der Waals surface area contributed by atoms with Gasteiger partial charge in [-0.25, -0.2) is 14.2 Å². The lowest BCUT2D eigenvalue weighted by atomic mass is 9.86. The van der Waals surface area contributed by atoms with Gasteiger partial charge in [-0.2, -0.15) is 0 Å². The standard InChI is InChI=1S/C20H14ClFN2O2S/c21-17-10-13(12-4-2-1-3-5-12)8-9-20(17,18(25)26)24-19-23-15-7-6-14(22)11-16(15)27-19/h1-11,17H,(H,23,24)(H,25,26). The van der Waals surface area contributed by atoms with Gasteiger partial charge in [0.1, 0.15) is 5.82 Å². The van der Waals surface area contributed by atoms with Gasteiger partial charge < -0.3 is 10.4 Å². The van der Waals surface area contributed by atoms with Crippen molar-refractivity contribution < 1.29 is 14.3 Å². The van der Waals surface area contributed by atoms with E-state index >= 15 is 0 Å². The first-order chi connectivity index (χ1) is 13.0. The van der Waals surface area contributed by atoms with Crippen LogP contribution < -0.4 is 5.32 Å². The van der Waals surface area contributed by atoms with E-state index in [1.165, 1.54) is 23.5 Å². The van der Waals surface area contributed by atoms with Crippen LogP contribution in [0, 0.1) is 5.82 Å². The molecule has 27 heavy (non-hydrogen) atoms. The molecule has 136 valence electrons. The molecule has 0 aliphatic heterocycles. The molecule has 2 aromatic carbocycles. The van der Waals surface area contributed by atoms with Crippen LogP contribution in [0.2, 0.25) is 0 Å². The number of nitrogens with one attached hydrogen (secondary N) is 1. The van der Waals surface area contributed by atoms with Gasteiger partial charge in [0.2, 0.25) is 0 Å². The summed E-state index contributed by atoms with van der Waals surface area (Å²) in [5.41, 5.74) is 0.845. The molecule has 0 amide bonds. The van der Waals surface area contributed by atoms with Gasteiger partial charge in [0, 0.05) is 0 Å². The zero-order valence-corrected chi connectivity index (χ0v) is 15.5. The van der Waals surface area contributed by atoms with Gasteiger partial charge in [0.05, 0.1) is 15.6 Å². The number of aliphatic carboxylic acids is 1. The minimum atomic E-state index is -1.55. The predicted octanol–water partition coefficient (Wildman–Crippen LogP) is 4.93. The van der Waals surface area contributed by atoms with E-state index in [0.717, 1.165) is 11.1 Å². The fourth-order valence-corrected chi connectivity index (χ4v) is 4.28.